The Morgan fingerprint density at radius 2 is 2.10 bits per heavy atom. The van der Waals surface area contributed by atoms with Gasteiger partial charge in [-0.25, -0.2) is 0 Å². The van der Waals surface area contributed by atoms with E-state index in [4.69, 9.17) is 11.6 Å². The van der Waals surface area contributed by atoms with Gasteiger partial charge in [0.15, 0.2) is 0 Å². The minimum absolute atomic E-state index is 0.00234. The number of amides is 3. The minimum atomic E-state index is -0.780. The summed E-state index contributed by atoms with van der Waals surface area (Å²) in [6.07, 6.45) is 0.772. The van der Waals surface area contributed by atoms with E-state index in [2.05, 4.69) is 17.6 Å². The van der Waals surface area contributed by atoms with Crippen LogP contribution in [-0.4, -0.2) is 64.0 Å². The molecule has 4 rings (SSSR count). The number of aliphatic hydroxyl groups excluding tert-OH is 1. The third-order valence-corrected chi connectivity index (χ3v) is 9.25. The van der Waals surface area contributed by atoms with Gasteiger partial charge in [0.25, 0.3) is 0 Å². The lowest BCUT2D eigenvalue weighted by atomic mass is 9.66. The maximum Gasteiger partial charge on any atom is 0.248 e. The SMILES string of the molecule is CNC(=O)[C@@H]1[C@H]2C(=O)N(CCO)C(C(=O)Nc3c(C)cccc3Cl)C23S[C@@H]1CC3C. The zero-order chi connectivity index (χ0) is 21.8. The van der Waals surface area contributed by atoms with Gasteiger partial charge in [-0.3, -0.25) is 14.4 Å². The van der Waals surface area contributed by atoms with Crippen molar-refractivity contribution in [3.05, 3.63) is 28.8 Å². The number of fused-ring (bicyclic) bond motifs is 1. The van der Waals surface area contributed by atoms with Crippen molar-refractivity contribution < 1.29 is 19.5 Å². The highest BCUT2D eigenvalue weighted by Gasteiger charge is 2.75. The van der Waals surface area contributed by atoms with Crippen molar-refractivity contribution in [1.29, 1.82) is 0 Å². The summed E-state index contributed by atoms with van der Waals surface area (Å²) >= 11 is 7.91. The summed E-state index contributed by atoms with van der Waals surface area (Å²) in [6.45, 7) is 3.70. The molecule has 3 heterocycles. The van der Waals surface area contributed by atoms with Crippen LogP contribution in [0.15, 0.2) is 18.2 Å². The van der Waals surface area contributed by atoms with E-state index >= 15 is 0 Å². The van der Waals surface area contributed by atoms with Crippen molar-refractivity contribution in [2.45, 2.75) is 36.3 Å². The molecule has 0 aromatic heterocycles. The van der Waals surface area contributed by atoms with Crippen LogP contribution in [0.2, 0.25) is 5.02 Å². The smallest absolute Gasteiger partial charge is 0.248 e. The van der Waals surface area contributed by atoms with Crippen LogP contribution in [0.5, 0.6) is 0 Å². The van der Waals surface area contributed by atoms with Crippen LogP contribution >= 0.6 is 23.4 Å². The number of hydrogen-bond acceptors (Lipinski definition) is 5. The van der Waals surface area contributed by atoms with Crippen molar-refractivity contribution in [1.82, 2.24) is 10.2 Å². The van der Waals surface area contributed by atoms with Crippen LogP contribution < -0.4 is 10.6 Å². The molecule has 1 aromatic rings. The second-order valence-electron chi connectivity index (χ2n) is 8.34. The number of carbonyl (C=O) groups excluding carboxylic acids is 3. The van der Waals surface area contributed by atoms with Crippen molar-refractivity contribution in [3.8, 4) is 0 Å². The Labute approximate surface area is 184 Å². The van der Waals surface area contributed by atoms with Crippen molar-refractivity contribution >= 4 is 46.8 Å². The van der Waals surface area contributed by atoms with Crippen molar-refractivity contribution in [2.24, 2.45) is 17.8 Å². The predicted octanol–water partition coefficient (Wildman–Crippen LogP) is 1.66. The van der Waals surface area contributed by atoms with Crippen LogP contribution in [0, 0.1) is 24.7 Å². The van der Waals surface area contributed by atoms with E-state index in [1.807, 2.05) is 19.1 Å². The quantitative estimate of drug-likeness (QED) is 0.632. The molecule has 1 spiro atoms. The standard InChI is InChI=1S/C21H26ClN3O4S/c1-10-5-4-6-12(22)16(10)24-19(28)17-21-11(2)9-13(30-21)14(18(27)23-3)15(21)20(29)25(17)7-8-26/h4-6,11,13-15,17,26H,7-9H2,1-3H3,(H,23,27)(H,24,28)/t11?,13-,14+,15+,17?,21?/m1/s1. The molecule has 3 amide bonds. The number of carbonyl (C=O) groups is 3. The summed E-state index contributed by atoms with van der Waals surface area (Å²) < 4.78 is -0.701. The molecule has 3 aliphatic rings. The molecule has 3 aliphatic heterocycles. The maximum absolute atomic E-state index is 13.6. The molecule has 0 aliphatic carbocycles. The van der Waals surface area contributed by atoms with Gasteiger partial charge < -0.3 is 20.6 Å². The lowest BCUT2D eigenvalue weighted by Gasteiger charge is -2.38. The van der Waals surface area contributed by atoms with E-state index in [-0.39, 0.29) is 42.0 Å². The van der Waals surface area contributed by atoms with Gasteiger partial charge in [-0.15, -0.1) is 11.8 Å². The van der Waals surface area contributed by atoms with Gasteiger partial charge in [0.05, 0.1) is 33.9 Å². The number of aliphatic hydroxyl groups is 1. The van der Waals surface area contributed by atoms with E-state index in [1.165, 1.54) is 4.90 Å². The molecular weight excluding hydrogens is 426 g/mol. The molecule has 3 unspecified atom stereocenters. The molecule has 6 atom stereocenters. The van der Waals surface area contributed by atoms with Gasteiger partial charge in [0, 0.05) is 18.8 Å². The summed E-state index contributed by atoms with van der Waals surface area (Å²) in [7, 11) is 1.57. The number of benzene rings is 1. The number of β-amino-alcohol motifs (C(OH)–C–C–N with tert-alkyl or cyclic N) is 1. The molecule has 30 heavy (non-hydrogen) atoms. The number of nitrogens with one attached hydrogen (secondary N) is 2. The first-order valence-electron chi connectivity index (χ1n) is 10.1. The van der Waals surface area contributed by atoms with Crippen LogP contribution in [0.3, 0.4) is 0 Å². The first-order valence-corrected chi connectivity index (χ1v) is 11.4. The molecule has 9 heteroatoms. The lowest BCUT2D eigenvalue weighted by Crippen LogP contribution is -2.55. The topological polar surface area (TPSA) is 98.7 Å². The first-order chi connectivity index (χ1) is 14.3. The number of anilines is 1. The second-order valence-corrected chi connectivity index (χ2v) is 10.3. The zero-order valence-electron chi connectivity index (χ0n) is 17.1. The molecule has 0 radical (unpaired) electrons. The number of para-hydroxylation sites is 1. The fourth-order valence-electron chi connectivity index (χ4n) is 5.62. The summed E-state index contributed by atoms with van der Waals surface area (Å²) in [5.41, 5.74) is 1.34. The number of nitrogens with zero attached hydrogens (tertiary/aromatic N) is 1. The number of aryl methyl sites for hydroxylation is 1. The van der Waals surface area contributed by atoms with Gasteiger partial charge in [-0.1, -0.05) is 30.7 Å². The normalized spacial score (nSPS) is 34.2. The van der Waals surface area contributed by atoms with Crippen molar-refractivity contribution in [2.75, 3.05) is 25.5 Å². The van der Waals surface area contributed by atoms with Crippen LogP contribution in [0.25, 0.3) is 0 Å². The van der Waals surface area contributed by atoms with E-state index in [0.29, 0.717) is 10.7 Å². The van der Waals surface area contributed by atoms with Crippen molar-refractivity contribution in [3.63, 3.8) is 0 Å². The van der Waals surface area contributed by atoms with Gasteiger partial charge in [-0.05, 0) is 30.9 Å². The number of thioether (sulfide) groups is 1. The predicted molar refractivity (Wildman–Crippen MR) is 116 cm³/mol. The third-order valence-electron chi connectivity index (χ3n) is 6.85. The summed E-state index contributed by atoms with van der Waals surface area (Å²) in [4.78, 5) is 41.2. The monoisotopic (exact) mass is 451 g/mol. The van der Waals surface area contributed by atoms with E-state index in [0.717, 1.165) is 12.0 Å². The van der Waals surface area contributed by atoms with Gasteiger partial charge in [-0.2, -0.15) is 0 Å². The first kappa shape index (κ1) is 21.5. The molecule has 3 fully saturated rings. The molecule has 2 bridgehead atoms. The highest BCUT2D eigenvalue weighted by molar-refractivity contribution is 8.02. The highest BCUT2D eigenvalue weighted by atomic mass is 35.5. The van der Waals surface area contributed by atoms with Gasteiger partial charge in [0.2, 0.25) is 17.7 Å². The Hall–Kier alpha value is -1.77. The maximum atomic E-state index is 13.6. The van der Waals surface area contributed by atoms with E-state index in [1.54, 1.807) is 24.9 Å². The largest absolute Gasteiger partial charge is 0.395 e. The Bertz CT molecular complexity index is 892. The Balaban J connectivity index is 1.76. The summed E-state index contributed by atoms with van der Waals surface area (Å²) in [5, 5.41) is 15.7. The fraction of sp³-hybridized carbons (Fsp3) is 0.571. The summed E-state index contributed by atoms with van der Waals surface area (Å²) in [5.74, 6) is -1.68. The Morgan fingerprint density at radius 3 is 2.73 bits per heavy atom. The second kappa shape index (κ2) is 7.73. The van der Waals surface area contributed by atoms with Crippen LogP contribution in [0.4, 0.5) is 5.69 Å². The minimum Gasteiger partial charge on any atom is -0.395 e. The Kier molecular flexibility index (Phi) is 5.53. The molecule has 162 valence electrons. The highest BCUT2D eigenvalue weighted by Crippen LogP contribution is 2.68. The third kappa shape index (κ3) is 2.87. The fourth-order valence-corrected chi connectivity index (χ4v) is 8.31. The van der Waals surface area contributed by atoms with Crippen LogP contribution in [-0.2, 0) is 14.4 Å². The van der Waals surface area contributed by atoms with Crippen LogP contribution in [0.1, 0.15) is 18.9 Å². The van der Waals surface area contributed by atoms with Gasteiger partial charge in [0.1, 0.15) is 6.04 Å². The molecule has 0 saturated carbocycles. The number of likely N-dealkylation sites (tertiary alicyclic amines) is 1. The number of hydrogen-bond donors (Lipinski definition) is 3. The zero-order valence-corrected chi connectivity index (χ0v) is 18.7. The molecule has 1 aromatic carbocycles. The summed E-state index contributed by atoms with van der Waals surface area (Å²) in [6, 6.07) is 4.59. The van der Waals surface area contributed by atoms with Gasteiger partial charge >= 0.3 is 0 Å². The molecule has 3 saturated heterocycles. The molecule has 7 nitrogen and oxygen atoms in total. The number of halogens is 1. The van der Waals surface area contributed by atoms with E-state index in [9.17, 15) is 19.5 Å². The van der Waals surface area contributed by atoms with E-state index < -0.39 is 22.6 Å². The Morgan fingerprint density at radius 1 is 1.37 bits per heavy atom. The molecular formula is C21H26ClN3O4S. The lowest BCUT2D eigenvalue weighted by molar-refractivity contribution is -0.139. The number of rotatable bonds is 5. The average molecular weight is 452 g/mol. The molecule has 3 N–H and O–H groups in total. The average Bonchev–Trinajstić information content (AvgIpc) is 3.29.